The minimum absolute atomic E-state index is 0.0495. The zero-order chi connectivity index (χ0) is 24.9. The number of ketones is 1. The molecule has 3 aromatic carbocycles. The Balaban J connectivity index is 1.66. The number of Topliss-reactive ketones (excluding diaryl/α,β-unsaturated/α-hetero) is 1. The second kappa shape index (κ2) is 10.3. The lowest BCUT2D eigenvalue weighted by Gasteiger charge is -2.25. The predicted octanol–water partition coefficient (Wildman–Crippen LogP) is 4.51. The first-order valence-electron chi connectivity index (χ1n) is 11.2. The van der Waals surface area contributed by atoms with Gasteiger partial charge in [-0.1, -0.05) is 42.0 Å². The van der Waals surface area contributed by atoms with Gasteiger partial charge in [0.25, 0.3) is 11.7 Å². The van der Waals surface area contributed by atoms with Gasteiger partial charge < -0.3 is 24.2 Å². The van der Waals surface area contributed by atoms with E-state index in [0.717, 1.165) is 5.56 Å². The predicted molar refractivity (Wildman–Crippen MR) is 132 cm³/mol. The average molecular weight is 474 g/mol. The molecule has 1 heterocycles. The van der Waals surface area contributed by atoms with E-state index in [2.05, 4.69) is 0 Å². The van der Waals surface area contributed by atoms with Gasteiger partial charge in [0, 0.05) is 5.56 Å². The number of aryl methyl sites for hydroxylation is 1. The summed E-state index contributed by atoms with van der Waals surface area (Å²) in [5, 5.41) is 11.1. The highest BCUT2D eigenvalue weighted by Gasteiger charge is 2.46. The maximum atomic E-state index is 13.1. The lowest BCUT2D eigenvalue weighted by atomic mass is 9.95. The van der Waals surface area contributed by atoms with Crippen molar-refractivity contribution < 1.29 is 28.9 Å². The molecule has 1 aliphatic rings. The van der Waals surface area contributed by atoms with Crippen molar-refractivity contribution in [2.75, 3.05) is 27.4 Å². The summed E-state index contributed by atoms with van der Waals surface area (Å²) in [5.74, 6) is 0.350. The first-order valence-corrected chi connectivity index (χ1v) is 11.2. The number of carbonyl (C=O) groups excluding carboxylic acids is 2. The molecule has 4 rings (SSSR count). The Bertz CT molecular complexity index is 1230. The highest BCUT2D eigenvalue weighted by Crippen LogP contribution is 2.39. The molecule has 1 atom stereocenters. The monoisotopic (exact) mass is 473 g/mol. The van der Waals surface area contributed by atoms with Gasteiger partial charge >= 0.3 is 0 Å². The topological polar surface area (TPSA) is 85.3 Å². The number of carbonyl (C=O) groups is 2. The van der Waals surface area contributed by atoms with Gasteiger partial charge in [0.15, 0.2) is 0 Å². The minimum Gasteiger partial charge on any atom is -0.507 e. The lowest BCUT2D eigenvalue weighted by Crippen LogP contribution is -2.33. The van der Waals surface area contributed by atoms with Crippen molar-refractivity contribution in [2.24, 2.45) is 0 Å². The third-order valence-corrected chi connectivity index (χ3v) is 5.96. The zero-order valence-corrected chi connectivity index (χ0v) is 19.9. The lowest BCUT2D eigenvalue weighted by molar-refractivity contribution is -0.140. The number of amides is 1. The first-order chi connectivity index (χ1) is 16.9. The summed E-state index contributed by atoms with van der Waals surface area (Å²) in [7, 11) is 3.15. The molecule has 1 N–H and O–H groups in total. The van der Waals surface area contributed by atoms with E-state index in [4.69, 9.17) is 14.2 Å². The molecule has 35 heavy (non-hydrogen) atoms. The summed E-state index contributed by atoms with van der Waals surface area (Å²) in [4.78, 5) is 27.6. The average Bonchev–Trinajstić information content (AvgIpc) is 3.14. The van der Waals surface area contributed by atoms with Crippen molar-refractivity contribution in [3.8, 4) is 17.2 Å². The molecule has 1 unspecified atom stereocenters. The molecule has 1 fully saturated rings. The number of ether oxygens (including phenoxy) is 3. The summed E-state index contributed by atoms with van der Waals surface area (Å²) in [6.45, 7) is 2.25. The molecule has 1 saturated heterocycles. The van der Waals surface area contributed by atoms with Crippen LogP contribution in [0.1, 0.15) is 22.7 Å². The molecule has 3 aromatic rings. The van der Waals surface area contributed by atoms with Gasteiger partial charge in [0.1, 0.15) is 29.6 Å². The molecule has 7 nitrogen and oxygen atoms in total. The van der Waals surface area contributed by atoms with Crippen LogP contribution in [0.15, 0.2) is 78.4 Å². The van der Waals surface area contributed by atoms with Gasteiger partial charge in [-0.05, 0) is 48.9 Å². The molecule has 0 radical (unpaired) electrons. The van der Waals surface area contributed by atoms with E-state index in [-0.39, 0.29) is 24.5 Å². The molecule has 0 aromatic heterocycles. The Kier molecular flexibility index (Phi) is 7.06. The second-order valence-electron chi connectivity index (χ2n) is 8.16. The molecule has 0 saturated carbocycles. The molecule has 0 bridgehead atoms. The number of hydrogen-bond acceptors (Lipinski definition) is 6. The highest BCUT2D eigenvalue weighted by molar-refractivity contribution is 6.46. The third kappa shape index (κ3) is 4.99. The van der Waals surface area contributed by atoms with E-state index < -0.39 is 17.7 Å². The van der Waals surface area contributed by atoms with Crippen LogP contribution < -0.4 is 14.2 Å². The normalized spacial score (nSPS) is 16.9. The first kappa shape index (κ1) is 23.9. The Morgan fingerprint density at radius 2 is 1.37 bits per heavy atom. The Morgan fingerprint density at radius 3 is 1.94 bits per heavy atom. The Labute approximate surface area is 204 Å². The summed E-state index contributed by atoms with van der Waals surface area (Å²) >= 11 is 0. The van der Waals surface area contributed by atoms with Crippen LogP contribution in [0.4, 0.5) is 0 Å². The molecule has 1 aliphatic heterocycles. The number of nitrogens with zero attached hydrogens (tertiary/aromatic N) is 1. The van der Waals surface area contributed by atoms with E-state index in [1.54, 1.807) is 74.9 Å². The fourth-order valence-corrected chi connectivity index (χ4v) is 4.04. The largest absolute Gasteiger partial charge is 0.507 e. The van der Waals surface area contributed by atoms with Crippen molar-refractivity contribution in [1.29, 1.82) is 0 Å². The Morgan fingerprint density at radius 1 is 0.829 bits per heavy atom. The van der Waals surface area contributed by atoms with Crippen LogP contribution in [0.2, 0.25) is 0 Å². The van der Waals surface area contributed by atoms with Crippen molar-refractivity contribution in [3.05, 3.63) is 95.1 Å². The van der Waals surface area contributed by atoms with Crippen LogP contribution in [-0.4, -0.2) is 49.1 Å². The van der Waals surface area contributed by atoms with Gasteiger partial charge in [-0.3, -0.25) is 9.59 Å². The minimum atomic E-state index is -0.762. The number of aliphatic hydroxyl groups is 1. The van der Waals surface area contributed by atoms with E-state index in [1.165, 1.54) is 4.90 Å². The quantitative estimate of drug-likeness (QED) is 0.294. The van der Waals surface area contributed by atoms with Crippen LogP contribution in [0.5, 0.6) is 17.2 Å². The summed E-state index contributed by atoms with van der Waals surface area (Å²) in [6.07, 6.45) is 0. The Hall–Kier alpha value is -4.26. The summed E-state index contributed by atoms with van der Waals surface area (Å²) < 4.78 is 16.2. The molecule has 180 valence electrons. The molecule has 1 amide bonds. The van der Waals surface area contributed by atoms with Gasteiger partial charge in [0.05, 0.1) is 32.4 Å². The SMILES string of the molecule is COc1ccc(OCCN2C(=O)C(=O)/C(=C(\O)c3ccc(C)cc3)C2c2ccc(OC)cc2)cc1. The van der Waals surface area contributed by atoms with Gasteiger partial charge in [0.2, 0.25) is 0 Å². The van der Waals surface area contributed by atoms with Crippen LogP contribution in [0.25, 0.3) is 5.76 Å². The van der Waals surface area contributed by atoms with Crippen LogP contribution >= 0.6 is 0 Å². The summed E-state index contributed by atoms with van der Waals surface area (Å²) in [5.41, 5.74) is 2.22. The van der Waals surface area contributed by atoms with Crippen LogP contribution in [0, 0.1) is 6.92 Å². The van der Waals surface area contributed by atoms with Crippen LogP contribution in [0.3, 0.4) is 0 Å². The number of rotatable bonds is 8. The number of likely N-dealkylation sites (tertiary alicyclic amines) is 1. The van der Waals surface area contributed by atoms with Gasteiger partial charge in [-0.25, -0.2) is 0 Å². The van der Waals surface area contributed by atoms with E-state index in [9.17, 15) is 14.7 Å². The molecular formula is C28H27NO6. The number of aliphatic hydroxyl groups excluding tert-OH is 1. The fourth-order valence-electron chi connectivity index (χ4n) is 4.04. The highest BCUT2D eigenvalue weighted by atomic mass is 16.5. The van der Waals surface area contributed by atoms with Crippen molar-refractivity contribution in [1.82, 2.24) is 4.90 Å². The van der Waals surface area contributed by atoms with E-state index in [1.807, 2.05) is 19.1 Å². The summed E-state index contributed by atoms with van der Waals surface area (Å²) in [6, 6.07) is 20.6. The maximum Gasteiger partial charge on any atom is 0.295 e. The van der Waals surface area contributed by atoms with Crippen molar-refractivity contribution in [2.45, 2.75) is 13.0 Å². The van der Waals surface area contributed by atoms with Gasteiger partial charge in [-0.15, -0.1) is 0 Å². The fraction of sp³-hybridized carbons (Fsp3) is 0.214. The third-order valence-electron chi connectivity index (χ3n) is 5.96. The molecule has 0 spiro atoms. The standard InChI is InChI=1S/C28H27NO6/c1-18-4-6-20(7-5-18)26(30)24-25(19-8-10-21(33-2)11-9-19)29(28(32)27(24)31)16-17-35-23-14-12-22(34-3)13-15-23/h4-15,25,30H,16-17H2,1-3H3/b26-24-. The van der Waals surface area contributed by atoms with E-state index in [0.29, 0.717) is 28.4 Å². The van der Waals surface area contributed by atoms with Crippen molar-refractivity contribution in [3.63, 3.8) is 0 Å². The molecule has 7 heteroatoms. The second-order valence-corrected chi connectivity index (χ2v) is 8.16. The zero-order valence-electron chi connectivity index (χ0n) is 19.9. The van der Waals surface area contributed by atoms with Crippen molar-refractivity contribution >= 4 is 17.4 Å². The maximum absolute atomic E-state index is 13.1. The molecule has 0 aliphatic carbocycles. The smallest absolute Gasteiger partial charge is 0.295 e. The van der Waals surface area contributed by atoms with E-state index >= 15 is 0 Å². The number of benzene rings is 3. The molecular weight excluding hydrogens is 446 g/mol. The van der Waals surface area contributed by atoms with Crippen LogP contribution in [-0.2, 0) is 9.59 Å². The van der Waals surface area contributed by atoms with Gasteiger partial charge in [-0.2, -0.15) is 0 Å². The number of methoxy groups -OCH3 is 2. The number of hydrogen-bond donors (Lipinski definition) is 1.